The molecule has 2 heteroatoms. The minimum atomic E-state index is 0.861. The summed E-state index contributed by atoms with van der Waals surface area (Å²) >= 11 is 2.10. The SMILES string of the molecule is Nc1ccc(CSC2CCCC2)cc1. The highest BCUT2D eigenvalue weighted by Crippen LogP contribution is 2.31. The molecule has 2 rings (SSSR count). The molecular formula is C12H17NS. The van der Waals surface area contributed by atoms with Crippen LogP contribution in [0.4, 0.5) is 5.69 Å². The lowest BCUT2D eigenvalue weighted by Gasteiger charge is -2.08. The Kier molecular flexibility index (Phi) is 3.35. The molecule has 0 aromatic heterocycles. The molecule has 1 fully saturated rings. The summed E-state index contributed by atoms with van der Waals surface area (Å²) in [6.07, 6.45) is 5.69. The highest BCUT2D eigenvalue weighted by molar-refractivity contribution is 7.99. The molecule has 0 bridgehead atoms. The standard InChI is InChI=1S/C12H17NS/c13-11-7-5-10(6-8-11)9-14-12-3-1-2-4-12/h5-8,12H,1-4,9,13H2. The van der Waals surface area contributed by atoms with Crippen molar-refractivity contribution in [3.63, 3.8) is 0 Å². The molecule has 0 unspecified atom stereocenters. The second kappa shape index (κ2) is 4.74. The lowest BCUT2D eigenvalue weighted by atomic mass is 10.2. The van der Waals surface area contributed by atoms with Gasteiger partial charge in [-0.2, -0.15) is 11.8 Å². The van der Waals surface area contributed by atoms with Crippen LogP contribution >= 0.6 is 11.8 Å². The molecule has 76 valence electrons. The summed E-state index contributed by atoms with van der Waals surface area (Å²) in [5, 5.41) is 0.910. The van der Waals surface area contributed by atoms with E-state index < -0.39 is 0 Å². The zero-order valence-corrected chi connectivity index (χ0v) is 9.22. The van der Waals surface area contributed by atoms with Crippen LogP contribution in [0.15, 0.2) is 24.3 Å². The average molecular weight is 207 g/mol. The minimum Gasteiger partial charge on any atom is -0.399 e. The van der Waals surface area contributed by atoms with Crippen molar-refractivity contribution in [3.05, 3.63) is 29.8 Å². The number of rotatable bonds is 3. The van der Waals surface area contributed by atoms with E-state index in [0.29, 0.717) is 0 Å². The molecule has 0 saturated heterocycles. The monoisotopic (exact) mass is 207 g/mol. The number of nitrogens with two attached hydrogens (primary N) is 1. The van der Waals surface area contributed by atoms with Crippen LogP contribution in [-0.2, 0) is 5.75 Å². The number of thioether (sulfide) groups is 1. The summed E-state index contributed by atoms with van der Waals surface area (Å²) < 4.78 is 0. The van der Waals surface area contributed by atoms with Crippen LogP contribution in [0.5, 0.6) is 0 Å². The first kappa shape index (κ1) is 9.91. The van der Waals surface area contributed by atoms with E-state index in [9.17, 15) is 0 Å². The van der Waals surface area contributed by atoms with Gasteiger partial charge in [0.1, 0.15) is 0 Å². The molecule has 0 amide bonds. The van der Waals surface area contributed by atoms with Crippen molar-refractivity contribution < 1.29 is 0 Å². The van der Waals surface area contributed by atoms with E-state index >= 15 is 0 Å². The van der Waals surface area contributed by atoms with Gasteiger partial charge in [0, 0.05) is 16.7 Å². The Hall–Kier alpha value is -0.630. The average Bonchev–Trinajstić information content (AvgIpc) is 2.70. The highest BCUT2D eigenvalue weighted by atomic mass is 32.2. The number of hydrogen-bond acceptors (Lipinski definition) is 2. The Labute approximate surface area is 90.1 Å². The van der Waals surface area contributed by atoms with Gasteiger partial charge in [-0.1, -0.05) is 25.0 Å². The predicted molar refractivity (Wildman–Crippen MR) is 64.4 cm³/mol. The predicted octanol–water partition coefficient (Wildman–Crippen LogP) is 3.44. The first-order chi connectivity index (χ1) is 6.84. The maximum atomic E-state index is 5.64. The number of hydrogen-bond donors (Lipinski definition) is 1. The van der Waals surface area contributed by atoms with Gasteiger partial charge in [-0.3, -0.25) is 0 Å². The zero-order valence-electron chi connectivity index (χ0n) is 8.41. The molecule has 0 radical (unpaired) electrons. The topological polar surface area (TPSA) is 26.0 Å². The fraction of sp³-hybridized carbons (Fsp3) is 0.500. The highest BCUT2D eigenvalue weighted by Gasteiger charge is 2.14. The molecule has 0 spiro atoms. The summed E-state index contributed by atoms with van der Waals surface area (Å²) in [5.41, 5.74) is 7.90. The maximum absolute atomic E-state index is 5.64. The van der Waals surface area contributed by atoms with Gasteiger partial charge < -0.3 is 5.73 Å². The van der Waals surface area contributed by atoms with Crippen LogP contribution < -0.4 is 5.73 Å². The first-order valence-corrected chi connectivity index (χ1v) is 6.35. The fourth-order valence-corrected chi connectivity index (χ4v) is 3.17. The van der Waals surface area contributed by atoms with Crippen LogP contribution in [0.1, 0.15) is 31.2 Å². The summed E-state index contributed by atoms with van der Waals surface area (Å²) in [6, 6.07) is 8.25. The smallest absolute Gasteiger partial charge is 0.0314 e. The Bertz CT molecular complexity index is 275. The van der Waals surface area contributed by atoms with Crippen LogP contribution in [-0.4, -0.2) is 5.25 Å². The molecule has 1 aliphatic rings. The van der Waals surface area contributed by atoms with Crippen molar-refractivity contribution in [1.29, 1.82) is 0 Å². The molecule has 0 heterocycles. The van der Waals surface area contributed by atoms with Gasteiger partial charge in [0.05, 0.1) is 0 Å². The third-order valence-corrected chi connectivity index (χ3v) is 4.21. The second-order valence-electron chi connectivity index (χ2n) is 3.96. The van der Waals surface area contributed by atoms with Gasteiger partial charge in [0.2, 0.25) is 0 Å². The minimum absolute atomic E-state index is 0.861. The van der Waals surface area contributed by atoms with Crippen LogP contribution in [0, 0.1) is 0 Å². The van der Waals surface area contributed by atoms with E-state index in [-0.39, 0.29) is 0 Å². The van der Waals surface area contributed by atoms with Gasteiger partial charge in [-0.15, -0.1) is 0 Å². The number of benzene rings is 1. The molecular weight excluding hydrogens is 190 g/mol. The largest absolute Gasteiger partial charge is 0.399 e. The summed E-state index contributed by atoms with van der Waals surface area (Å²) in [5.74, 6) is 1.14. The van der Waals surface area contributed by atoms with Gasteiger partial charge in [0.15, 0.2) is 0 Å². The van der Waals surface area contributed by atoms with Crippen LogP contribution in [0.25, 0.3) is 0 Å². The van der Waals surface area contributed by atoms with Gasteiger partial charge in [0.25, 0.3) is 0 Å². The Morgan fingerprint density at radius 2 is 1.79 bits per heavy atom. The van der Waals surface area contributed by atoms with E-state index in [1.54, 1.807) is 0 Å². The van der Waals surface area contributed by atoms with Gasteiger partial charge >= 0.3 is 0 Å². The Balaban J connectivity index is 1.82. The van der Waals surface area contributed by atoms with Crippen LogP contribution in [0.3, 0.4) is 0 Å². The first-order valence-electron chi connectivity index (χ1n) is 5.30. The third-order valence-electron chi connectivity index (χ3n) is 2.77. The fourth-order valence-electron chi connectivity index (χ4n) is 1.88. The Morgan fingerprint density at radius 3 is 2.43 bits per heavy atom. The lowest BCUT2D eigenvalue weighted by Crippen LogP contribution is -1.94. The van der Waals surface area contributed by atoms with E-state index in [2.05, 4.69) is 23.9 Å². The number of anilines is 1. The van der Waals surface area contributed by atoms with Crippen molar-refractivity contribution in [2.24, 2.45) is 0 Å². The van der Waals surface area contributed by atoms with Crippen molar-refractivity contribution in [2.75, 3.05) is 5.73 Å². The van der Waals surface area contributed by atoms with Crippen molar-refractivity contribution >= 4 is 17.4 Å². The molecule has 0 aliphatic heterocycles. The summed E-state index contributed by atoms with van der Waals surface area (Å²) in [4.78, 5) is 0. The molecule has 1 aromatic rings. The molecule has 1 aromatic carbocycles. The van der Waals surface area contributed by atoms with Crippen LogP contribution in [0.2, 0.25) is 0 Å². The quantitative estimate of drug-likeness (QED) is 0.768. The van der Waals surface area contributed by atoms with E-state index in [1.165, 1.54) is 31.2 Å². The molecule has 1 aliphatic carbocycles. The second-order valence-corrected chi connectivity index (χ2v) is 5.25. The molecule has 2 N–H and O–H groups in total. The lowest BCUT2D eigenvalue weighted by molar-refractivity contribution is 0.886. The van der Waals surface area contributed by atoms with Gasteiger partial charge in [-0.25, -0.2) is 0 Å². The third kappa shape index (κ3) is 2.68. The molecule has 0 atom stereocenters. The summed E-state index contributed by atoms with van der Waals surface area (Å²) in [6.45, 7) is 0. The van der Waals surface area contributed by atoms with E-state index in [1.807, 2.05) is 12.1 Å². The normalized spacial score (nSPS) is 17.4. The van der Waals surface area contributed by atoms with Gasteiger partial charge in [-0.05, 0) is 30.5 Å². The number of nitrogen functional groups attached to an aromatic ring is 1. The molecule has 1 nitrogen and oxygen atoms in total. The van der Waals surface area contributed by atoms with Crippen molar-refractivity contribution in [3.8, 4) is 0 Å². The Morgan fingerprint density at radius 1 is 1.14 bits per heavy atom. The molecule has 1 saturated carbocycles. The summed E-state index contributed by atoms with van der Waals surface area (Å²) in [7, 11) is 0. The van der Waals surface area contributed by atoms with E-state index in [0.717, 1.165) is 16.7 Å². The van der Waals surface area contributed by atoms with E-state index in [4.69, 9.17) is 5.73 Å². The molecule has 14 heavy (non-hydrogen) atoms. The van der Waals surface area contributed by atoms with Crippen molar-refractivity contribution in [2.45, 2.75) is 36.7 Å². The zero-order chi connectivity index (χ0) is 9.80. The maximum Gasteiger partial charge on any atom is 0.0314 e. The van der Waals surface area contributed by atoms with Crippen molar-refractivity contribution in [1.82, 2.24) is 0 Å².